The van der Waals surface area contributed by atoms with Crippen LogP contribution < -0.4 is 5.32 Å². The van der Waals surface area contributed by atoms with E-state index in [0.29, 0.717) is 6.61 Å². The smallest absolute Gasteiger partial charge is 0.269 e. The molecule has 4 heteroatoms. The summed E-state index contributed by atoms with van der Waals surface area (Å²) >= 11 is 5.84. The molecule has 1 rings (SSSR count). The van der Waals surface area contributed by atoms with Gasteiger partial charge in [0.25, 0.3) is 5.91 Å². The summed E-state index contributed by atoms with van der Waals surface area (Å²) in [6, 6.07) is 7.55. The van der Waals surface area contributed by atoms with Crippen LogP contribution in [0.2, 0.25) is 0 Å². The van der Waals surface area contributed by atoms with Gasteiger partial charge in [0, 0.05) is 12.3 Å². The Morgan fingerprint density at radius 1 is 1.47 bits per heavy atom. The lowest BCUT2D eigenvalue weighted by atomic mass is 10.2. The summed E-state index contributed by atoms with van der Waals surface area (Å²) in [6.45, 7) is 4.49. The molecule has 0 saturated carbocycles. The number of nitrogens with one attached hydrogen (secondary N) is 1. The number of alkyl halides is 1. The van der Waals surface area contributed by atoms with Crippen LogP contribution in [0, 0.1) is 6.92 Å². The van der Waals surface area contributed by atoms with Crippen molar-refractivity contribution >= 4 is 23.2 Å². The monoisotopic (exact) mass is 255 g/mol. The molecule has 0 aliphatic carbocycles. The van der Waals surface area contributed by atoms with Crippen molar-refractivity contribution in [2.24, 2.45) is 0 Å². The van der Waals surface area contributed by atoms with Gasteiger partial charge in [0.1, 0.15) is 0 Å². The zero-order valence-electron chi connectivity index (χ0n) is 10.2. The number of aryl methyl sites for hydroxylation is 1. The second kappa shape index (κ2) is 7.30. The Balaban J connectivity index is 2.46. The lowest BCUT2D eigenvalue weighted by Gasteiger charge is -2.12. The number of carbonyl (C=O) groups is 1. The summed E-state index contributed by atoms with van der Waals surface area (Å²) in [4.78, 5) is 11.7. The number of hydrogen-bond acceptors (Lipinski definition) is 2. The number of carbonyl (C=O) groups excluding carboxylic acids is 1. The van der Waals surface area contributed by atoms with Crippen LogP contribution in [0.15, 0.2) is 24.3 Å². The van der Waals surface area contributed by atoms with Crippen molar-refractivity contribution in [3.05, 3.63) is 29.8 Å². The van der Waals surface area contributed by atoms with Crippen molar-refractivity contribution in [2.75, 3.05) is 11.9 Å². The highest BCUT2D eigenvalue weighted by molar-refractivity contribution is 6.31. The minimum atomic E-state index is -0.929. The van der Waals surface area contributed by atoms with E-state index in [4.69, 9.17) is 16.3 Å². The molecule has 17 heavy (non-hydrogen) atoms. The molecule has 0 aliphatic rings. The Morgan fingerprint density at radius 2 is 2.18 bits per heavy atom. The number of unbranched alkanes of at least 4 members (excludes halogenated alkanes) is 1. The van der Waals surface area contributed by atoms with Crippen LogP contribution in [0.5, 0.6) is 0 Å². The first-order chi connectivity index (χ1) is 8.15. The third-order valence-electron chi connectivity index (χ3n) is 2.37. The van der Waals surface area contributed by atoms with E-state index >= 15 is 0 Å². The maximum Gasteiger partial charge on any atom is 0.269 e. The summed E-state index contributed by atoms with van der Waals surface area (Å²) in [6.07, 6.45) is 1.92. The van der Waals surface area contributed by atoms with Gasteiger partial charge in [-0.15, -0.1) is 0 Å². The molecule has 1 aromatic carbocycles. The number of benzene rings is 1. The molecule has 0 saturated heterocycles. The second-order valence-electron chi connectivity index (χ2n) is 3.84. The fraction of sp³-hybridized carbons (Fsp3) is 0.462. The van der Waals surface area contributed by atoms with Crippen molar-refractivity contribution < 1.29 is 9.53 Å². The largest absolute Gasteiger partial charge is 0.353 e. The molecule has 1 amide bonds. The van der Waals surface area contributed by atoms with E-state index < -0.39 is 5.56 Å². The van der Waals surface area contributed by atoms with Crippen molar-refractivity contribution in [3.8, 4) is 0 Å². The molecular formula is C13H18ClNO2. The number of amides is 1. The van der Waals surface area contributed by atoms with Crippen molar-refractivity contribution in [2.45, 2.75) is 32.3 Å². The number of halogens is 1. The number of rotatable bonds is 6. The minimum Gasteiger partial charge on any atom is -0.353 e. The average molecular weight is 256 g/mol. The van der Waals surface area contributed by atoms with Crippen LogP contribution in [0.4, 0.5) is 5.69 Å². The van der Waals surface area contributed by atoms with E-state index in [1.807, 2.05) is 31.2 Å². The molecule has 0 fully saturated rings. The van der Waals surface area contributed by atoms with Gasteiger partial charge in [-0.25, -0.2) is 0 Å². The number of anilines is 1. The molecule has 0 radical (unpaired) electrons. The van der Waals surface area contributed by atoms with Crippen molar-refractivity contribution in [3.63, 3.8) is 0 Å². The van der Waals surface area contributed by atoms with E-state index in [9.17, 15) is 4.79 Å². The van der Waals surface area contributed by atoms with Gasteiger partial charge in [0.2, 0.25) is 5.56 Å². The van der Waals surface area contributed by atoms with Gasteiger partial charge in [-0.1, -0.05) is 43.1 Å². The molecule has 1 aromatic rings. The maximum absolute atomic E-state index is 11.7. The zero-order valence-corrected chi connectivity index (χ0v) is 11.0. The van der Waals surface area contributed by atoms with Crippen LogP contribution in [0.25, 0.3) is 0 Å². The quantitative estimate of drug-likeness (QED) is 0.626. The van der Waals surface area contributed by atoms with Crippen molar-refractivity contribution in [1.82, 2.24) is 0 Å². The Morgan fingerprint density at radius 3 is 2.82 bits per heavy atom. The fourth-order valence-electron chi connectivity index (χ4n) is 1.31. The van der Waals surface area contributed by atoms with Crippen LogP contribution in [0.3, 0.4) is 0 Å². The first-order valence-corrected chi connectivity index (χ1v) is 6.21. The van der Waals surface area contributed by atoms with Gasteiger partial charge in [-0.2, -0.15) is 0 Å². The third kappa shape index (κ3) is 4.75. The highest BCUT2D eigenvalue weighted by Crippen LogP contribution is 2.14. The van der Waals surface area contributed by atoms with Crippen molar-refractivity contribution in [1.29, 1.82) is 0 Å². The van der Waals surface area contributed by atoms with Gasteiger partial charge in [0.05, 0.1) is 0 Å². The standard InChI is InChI=1S/C13H18ClNO2/c1-3-4-9-17-12(14)13(16)15-11-8-6-5-7-10(11)2/h5-8,12H,3-4,9H2,1-2H3,(H,15,16). The molecular weight excluding hydrogens is 238 g/mol. The minimum absolute atomic E-state index is 0.322. The Bertz CT molecular complexity index is 368. The topological polar surface area (TPSA) is 38.3 Å². The molecule has 0 bridgehead atoms. The third-order valence-corrected chi connectivity index (χ3v) is 2.70. The fourth-order valence-corrected chi connectivity index (χ4v) is 1.45. The molecule has 0 heterocycles. The first-order valence-electron chi connectivity index (χ1n) is 5.77. The number of ether oxygens (including phenoxy) is 1. The summed E-state index contributed by atoms with van der Waals surface area (Å²) in [5.74, 6) is -0.322. The molecule has 1 atom stereocenters. The van der Waals surface area contributed by atoms with E-state index in [1.165, 1.54) is 0 Å². The molecule has 0 spiro atoms. The summed E-state index contributed by atoms with van der Waals surface area (Å²) in [5.41, 5.74) is 0.835. The van der Waals surface area contributed by atoms with Gasteiger partial charge >= 0.3 is 0 Å². The van der Waals surface area contributed by atoms with Gasteiger partial charge in [-0.3, -0.25) is 4.79 Å². The van der Waals surface area contributed by atoms with Gasteiger partial charge in [0.15, 0.2) is 0 Å². The van der Waals surface area contributed by atoms with Crippen LogP contribution in [-0.4, -0.2) is 18.1 Å². The molecule has 0 aliphatic heterocycles. The maximum atomic E-state index is 11.7. The van der Waals surface area contributed by atoms with E-state index in [-0.39, 0.29) is 5.91 Å². The highest BCUT2D eigenvalue weighted by atomic mass is 35.5. The van der Waals surface area contributed by atoms with E-state index in [2.05, 4.69) is 12.2 Å². The predicted molar refractivity (Wildman–Crippen MR) is 70.3 cm³/mol. The first kappa shape index (κ1) is 14.0. The zero-order chi connectivity index (χ0) is 12.7. The van der Waals surface area contributed by atoms with Crippen LogP contribution in [-0.2, 0) is 9.53 Å². The van der Waals surface area contributed by atoms with E-state index in [1.54, 1.807) is 0 Å². The van der Waals surface area contributed by atoms with Gasteiger partial charge < -0.3 is 10.1 Å². The Hall–Kier alpha value is -1.06. The summed E-state index contributed by atoms with van der Waals surface area (Å²) in [5, 5.41) is 2.74. The lowest BCUT2D eigenvalue weighted by Crippen LogP contribution is -2.26. The normalized spacial score (nSPS) is 12.2. The number of hydrogen-bond donors (Lipinski definition) is 1. The molecule has 1 unspecified atom stereocenters. The van der Waals surface area contributed by atoms with Crippen LogP contribution in [0.1, 0.15) is 25.3 Å². The predicted octanol–water partition coefficient (Wildman–Crippen LogP) is 3.32. The number of para-hydroxylation sites is 1. The highest BCUT2D eigenvalue weighted by Gasteiger charge is 2.15. The average Bonchev–Trinajstić information content (AvgIpc) is 2.32. The molecule has 94 valence electrons. The second-order valence-corrected chi connectivity index (χ2v) is 4.24. The molecule has 1 N–H and O–H groups in total. The molecule has 0 aromatic heterocycles. The molecule has 3 nitrogen and oxygen atoms in total. The summed E-state index contributed by atoms with van der Waals surface area (Å²) < 4.78 is 5.21. The van der Waals surface area contributed by atoms with Crippen LogP contribution >= 0.6 is 11.6 Å². The SMILES string of the molecule is CCCCOC(Cl)C(=O)Nc1ccccc1C. The Labute approximate surface area is 107 Å². The lowest BCUT2D eigenvalue weighted by molar-refractivity contribution is -0.122. The van der Waals surface area contributed by atoms with E-state index in [0.717, 1.165) is 24.1 Å². The summed E-state index contributed by atoms with van der Waals surface area (Å²) in [7, 11) is 0. The Kier molecular flexibility index (Phi) is 6.01. The van der Waals surface area contributed by atoms with Gasteiger partial charge in [-0.05, 0) is 25.0 Å².